The number of imidazole rings is 2. The van der Waals surface area contributed by atoms with Gasteiger partial charge in [0.25, 0.3) is 0 Å². The van der Waals surface area contributed by atoms with Gasteiger partial charge in [0.2, 0.25) is 11.5 Å². The van der Waals surface area contributed by atoms with Crippen molar-refractivity contribution in [2.75, 3.05) is 4.90 Å². The topological polar surface area (TPSA) is 43.5 Å². The molecule has 0 spiro atoms. The van der Waals surface area contributed by atoms with Crippen LogP contribution in [0.3, 0.4) is 0 Å². The molecule has 0 saturated carbocycles. The highest BCUT2D eigenvalue weighted by Crippen LogP contribution is 2.42. The van der Waals surface area contributed by atoms with Crippen molar-refractivity contribution < 1.29 is 4.42 Å². The fourth-order valence-electron chi connectivity index (χ4n) is 8.72. The molecule has 4 aromatic heterocycles. The fraction of sp³-hybridized carbons (Fsp3) is 0. The lowest BCUT2D eigenvalue weighted by atomic mass is 10.0. The Morgan fingerprint density at radius 2 is 0.965 bits per heavy atom. The maximum atomic E-state index is 6.30. The molecule has 0 N–H and O–H groups in total. The Balaban J connectivity index is 1.11. The summed E-state index contributed by atoms with van der Waals surface area (Å²) in [4.78, 5) is 7.50. The Morgan fingerprint density at radius 3 is 1.72 bits per heavy atom. The van der Waals surface area contributed by atoms with Crippen LogP contribution in [0.25, 0.3) is 83.3 Å². The summed E-state index contributed by atoms with van der Waals surface area (Å²) >= 11 is 0. The van der Waals surface area contributed by atoms with Crippen LogP contribution >= 0.6 is 0 Å². The average Bonchev–Trinajstić information content (AvgIpc) is 4.00. The molecule has 0 unspecified atom stereocenters. The van der Waals surface area contributed by atoms with Crippen molar-refractivity contribution >= 4 is 77.9 Å². The van der Waals surface area contributed by atoms with Crippen molar-refractivity contribution in [3.8, 4) is 22.5 Å². The molecule has 6 heteroatoms. The van der Waals surface area contributed by atoms with Gasteiger partial charge >= 0.3 is 0 Å². The third kappa shape index (κ3) is 4.81. The van der Waals surface area contributed by atoms with E-state index in [9.17, 15) is 0 Å². The molecule has 4 heterocycles. The number of anilines is 3. The van der Waals surface area contributed by atoms with E-state index in [-0.39, 0.29) is 0 Å². The SMILES string of the molecule is c1ccc(-c2ccc(N(c3ccc4c(c3)c3ccccc3n4-c3ccccc3)c3ccc4c(c3)n(-c3ccccc3)c3nc5oc6ccccc6c5n43)cc2)cc1. The van der Waals surface area contributed by atoms with Crippen LogP contribution in [-0.4, -0.2) is 18.5 Å². The van der Waals surface area contributed by atoms with Crippen molar-refractivity contribution in [1.82, 2.24) is 18.5 Å². The smallest absolute Gasteiger partial charge is 0.248 e. The quantitative estimate of drug-likeness (QED) is 0.171. The molecular weight excluding hydrogens is 699 g/mol. The number of aromatic nitrogens is 4. The van der Waals surface area contributed by atoms with Gasteiger partial charge in [0, 0.05) is 44.6 Å². The Morgan fingerprint density at radius 1 is 0.404 bits per heavy atom. The monoisotopic (exact) mass is 731 g/mol. The Bertz CT molecular complexity index is 3450. The van der Waals surface area contributed by atoms with Crippen LogP contribution in [0.4, 0.5) is 17.1 Å². The van der Waals surface area contributed by atoms with E-state index in [1.54, 1.807) is 0 Å². The van der Waals surface area contributed by atoms with Crippen molar-refractivity contribution in [3.63, 3.8) is 0 Å². The Hall–Kier alpha value is -7.83. The van der Waals surface area contributed by atoms with Crippen molar-refractivity contribution in [3.05, 3.63) is 200 Å². The van der Waals surface area contributed by atoms with Crippen LogP contribution in [0, 0.1) is 0 Å². The van der Waals surface area contributed by atoms with Crippen molar-refractivity contribution in [1.29, 1.82) is 0 Å². The molecule has 0 aliphatic carbocycles. The van der Waals surface area contributed by atoms with Gasteiger partial charge in [-0.25, -0.2) is 0 Å². The Labute approximate surface area is 327 Å². The zero-order valence-corrected chi connectivity index (χ0v) is 30.7. The summed E-state index contributed by atoms with van der Waals surface area (Å²) in [6, 6.07) is 71.0. The summed E-state index contributed by atoms with van der Waals surface area (Å²) < 4.78 is 13.2. The predicted octanol–water partition coefficient (Wildman–Crippen LogP) is 13.4. The summed E-state index contributed by atoms with van der Waals surface area (Å²) in [5.74, 6) is 0.807. The van der Waals surface area contributed by atoms with Crippen LogP contribution in [0.2, 0.25) is 0 Å². The first-order chi connectivity index (χ1) is 28.3. The molecule has 0 bridgehead atoms. The van der Waals surface area contributed by atoms with Gasteiger partial charge in [0.1, 0.15) is 11.1 Å². The molecule has 6 nitrogen and oxygen atoms in total. The molecule has 0 fully saturated rings. The van der Waals surface area contributed by atoms with Gasteiger partial charge in [-0.05, 0) is 102 Å². The molecule has 57 heavy (non-hydrogen) atoms. The molecule has 0 radical (unpaired) electrons. The first-order valence-corrected chi connectivity index (χ1v) is 19.2. The molecule has 0 aliphatic rings. The lowest BCUT2D eigenvalue weighted by Crippen LogP contribution is -2.10. The summed E-state index contributed by atoms with van der Waals surface area (Å²) in [6.45, 7) is 0. The van der Waals surface area contributed by atoms with Crippen molar-refractivity contribution in [2.24, 2.45) is 0 Å². The molecule has 12 rings (SSSR count). The highest BCUT2D eigenvalue weighted by atomic mass is 16.3. The first kappa shape index (κ1) is 31.5. The number of hydrogen-bond donors (Lipinski definition) is 0. The number of para-hydroxylation sites is 4. The van der Waals surface area contributed by atoms with E-state index in [1.165, 1.54) is 27.4 Å². The van der Waals surface area contributed by atoms with Gasteiger partial charge in [-0.3, -0.25) is 8.97 Å². The molecule has 268 valence electrons. The van der Waals surface area contributed by atoms with Crippen LogP contribution in [0.1, 0.15) is 0 Å². The third-order valence-electron chi connectivity index (χ3n) is 11.3. The maximum Gasteiger partial charge on any atom is 0.248 e. The second-order valence-corrected chi connectivity index (χ2v) is 14.5. The minimum Gasteiger partial charge on any atom is -0.436 e. The molecule has 12 aromatic rings. The molecular formula is C51H33N5O. The van der Waals surface area contributed by atoms with Crippen LogP contribution in [0.5, 0.6) is 0 Å². The predicted molar refractivity (Wildman–Crippen MR) is 234 cm³/mol. The zero-order valence-electron chi connectivity index (χ0n) is 30.7. The minimum absolute atomic E-state index is 0.630. The zero-order chi connectivity index (χ0) is 37.5. The number of hydrogen-bond acceptors (Lipinski definition) is 3. The standard InChI is InChI=1S/C51H33N5O/c1-4-14-34(15-5-1)35-24-26-38(27-25-35)53(39-28-30-45-43(32-39)41-20-10-12-22-44(41)54(45)36-16-6-2-7-17-36)40-29-31-46-47(33-40)55(37-18-8-3-9-19-37)51-52-50-49(56(46)51)42-21-11-13-23-48(42)57-50/h1-33H. The van der Waals surface area contributed by atoms with E-state index in [0.717, 1.165) is 67.3 Å². The third-order valence-corrected chi connectivity index (χ3v) is 11.3. The van der Waals surface area contributed by atoms with Gasteiger partial charge < -0.3 is 13.9 Å². The van der Waals surface area contributed by atoms with Gasteiger partial charge in [0.05, 0.1) is 22.1 Å². The number of nitrogens with zero attached hydrogens (tertiary/aromatic N) is 5. The maximum absolute atomic E-state index is 6.30. The lowest BCUT2D eigenvalue weighted by Gasteiger charge is -2.26. The highest BCUT2D eigenvalue weighted by molar-refractivity contribution is 6.11. The van der Waals surface area contributed by atoms with Crippen LogP contribution in [-0.2, 0) is 0 Å². The minimum atomic E-state index is 0.630. The highest BCUT2D eigenvalue weighted by Gasteiger charge is 2.24. The molecule has 0 atom stereocenters. The summed E-state index contributed by atoms with van der Waals surface area (Å²) in [5, 5.41) is 3.45. The second kappa shape index (κ2) is 12.3. The number of furan rings is 1. The normalized spacial score (nSPS) is 11.9. The van der Waals surface area contributed by atoms with Gasteiger partial charge in [-0.2, -0.15) is 4.98 Å². The number of fused-ring (bicyclic) bond motifs is 10. The van der Waals surface area contributed by atoms with E-state index in [4.69, 9.17) is 9.40 Å². The van der Waals surface area contributed by atoms with E-state index in [1.807, 2.05) is 12.1 Å². The summed E-state index contributed by atoms with van der Waals surface area (Å²) in [5.41, 5.74) is 14.6. The van der Waals surface area contributed by atoms with Gasteiger partial charge in [0.15, 0.2) is 0 Å². The van der Waals surface area contributed by atoms with E-state index in [2.05, 4.69) is 206 Å². The van der Waals surface area contributed by atoms with Crippen molar-refractivity contribution in [2.45, 2.75) is 0 Å². The van der Waals surface area contributed by atoms with Gasteiger partial charge in [-0.1, -0.05) is 109 Å². The van der Waals surface area contributed by atoms with Gasteiger partial charge in [-0.15, -0.1) is 0 Å². The number of benzene rings is 8. The van der Waals surface area contributed by atoms with E-state index >= 15 is 0 Å². The van der Waals surface area contributed by atoms with Crippen LogP contribution < -0.4 is 4.90 Å². The molecule has 8 aromatic carbocycles. The average molecular weight is 732 g/mol. The molecule has 0 amide bonds. The summed E-state index contributed by atoms with van der Waals surface area (Å²) in [7, 11) is 0. The summed E-state index contributed by atoms with van der Waals surface area (Å²) in [6.07, 6.45) is 0. The lowest BCUT2D eigenvalue weighted by molar-refractivity contribution is 0.656. The Kier molecular flexibility index (Phi) is 6.83. The largest absolute Gasteiger partial charge is 0.436 e. The van der Waals surface area contributed by atoms with E-state index < -0.39 is 0 Å². The van der Waals surface area contributed by atoms with Crippen LogP contribution in [0.15, 0.2) is 205 Å². The second-order valence-electron chi connectivity index (χ2n) is 14.5. The number of rotatable bonds is 6. The molecule has 0 aliphatic heterocycles. The molecule has 0 saturated heterocycles. The van der Waals surface area contributed by atoms with E-state index in [0.29, 0.717) is 5.71 Å². The first-order valence-electron chi connectivity index (χ1n) is 19.2. The fourth-order valence-corrected chi connectivity index (χ4v) is 8.72.